The number of ketones is 1. The molecule has 0 aliphatic carbocycles. The summed E-state index contributed by atoms with van der Waals surface area (Å²) in [6.07, 6.45) is 0. The van der Waals surface area contributed by atoms with Gasteiger partial charge in [-0.15, -0.1) is 0 Å². The number of ether oxygens (including phenoxy) is 1. The highest BCUT2D eigenvalue weighted by molar-refractivity contribution is 6.09. The number of carbonyl (C=O) groups excluding carboxylic acids is 1. The van der Waals surface area contributed by atoms with Gasteiger partial charge in [-0.25, -0.2) is 0 Å². The van der Waals surface area contributed by atoms with Crippen molar-refractivity contribution < 1.29 is 9.53 Å². The molecule has 0 saturated heterocycles. The Balaban J connectivity index is 3.06. The topological polar surface area (TPSA) is 26.3 Å². The molecule has 0 heterocycles. The zero-order valence-electron chi connectivity index (χ0n) is 8.54. The van der Waals surface area contributed by atoms with E-state index >= 15 is 0 Å². The lowest BCUT2D eigenvalue weighted by Gasteiger charge is -2.08. The minimum atomic E-state index is -0.0611. The molecule has 2 heteroatoms. The molecule has 2 nitrogen and oxygen atoms in total. The van der Waals surface area contributed by atoms with Crippen LogP contribution in [0.15, 0.2) is 36.4 Å². The molecule has 0 atom stereocenters. The first-order valence-corrected chi connectivity index (χ1v) is 4.58. The van der Waals surface area contributed by atoms with Crippen LogP contribution in [0.25, 0.3) is 0 Å². The number of para-hydroxylation sites is 1. The number of allylic oxidation sites excluding steroid dienone is 1. The highest BCUT2D eigenvalue weighted by Crippen LogP contribution is 2.20. The number of benzene rings is 1. The van der Waals surface area contributed by atoms with Crippen LogP contribution in [-0.2, 0) is 0 Å². The Bertz CT molecular complexity index is 353. The molecule has 0 saturated carbocycles. The fourth-order valence-corrected chi connectivity index (χ4v) is 1.17. The molecular formula is C12H14O2. The summed E-state index contributed by atoms with van der Waals surface area (Å²) < 4.78 is 5.35. The van der Waals surface area contributed by atoms with Crippen LogP contribution in [0.4, 0.5) is 0 Å². The molecule has 1 aromatic rings. The van der Waals surface area contributed by atoms with Crippen LogP contribution in [0.5, 0.6) is 5.75 Å². The van der Waals surface area contributed by atoms with Gasteiger partial charge in [0.2, 0.25) is 0 Å². The molecule has 14 heavy (non-hydrogen) atoms. The fraction of sp³-hybridized carbons (Fsp3) is 0.250. The molecule has 0 fully saturated rings. The molecule has 0 bridgehead atoms. The molecule has 74 valence electrons. The molecule has 0 aliphatic rings. The van der Waals surface area contributed by atoms with Gasteiger partial charge in [-0.05, 0) is 31.6 Å². The minimum absolute atomic E-state index is 0.0611. The van der Waals surface area contributed by atoms with E-state index in [1.807, 2.05) is 19.1 Å². The first kappa shape index (κ1) is 10.5. The van der Waals surface area contributed by atoms with Crippen LogP contribution in [-0.4, -0.2) is 12.4 Å². The lowest BCUT2D eigenvalue weighted by atomic mass is 10.1. The normalized spacial score (nSPS) is 9.57. The van der Waals surface area contributed by atoms with E-state index in [1.165, 1.54) is 0 Å². The predicted molar refractivity (Wildman–Crippen MR) is 56.8 cm³/mol. The van der Waals surface area contributed by atoms with Gasteiger partial charge in [0.25, 0.3) is 0 Å². The van der Waals surface area contributed by atoms with Gasteiger partial charge in [-0.3, -0.25) is 4.79 Å². The average molecular weight is 190 g/mol. The molecule has 0 unspecified atom stereocenters. The monoisotopic (exact) mass is 190 g/mol. The zero-order valence-corrected chi connectivity index (χ0v) is 8.54. The fourth-order valence-electron chi connectivity index (χ4n) is 1.17. The minimum Gasteiger partial charge on any atom is -0.493 e. The van der Waals surface area contributed by atoms with Crippen LogP contribution in [0, 0.1) is 0 Å². The summed E-state index contributed by atoms with van der Waals surface area (Å²) in [5, 5.41) is 0. The highest BCUT2D eigenvalue weighted by atomic mass is 16.5. The van der Waals surface area contributed by atoms with Gasteiger partial charge >= 0.3 is 0 Å². The van der Waals surface area contributed by atoms with Crippen molar-refractivity contribution in [3.63, 3.8) is 0 Å². The maximum absolute atomic E-state index is 11.7. The van der Waals surface area contributed by atoms with Gasteiger partial charge in [-0.2, -0.15) is 0 Å². The van der Waals surface area contributed by atoms with Crippen molar-refractivity contribution in [3.8, 4) is 5.75 Å². The molecule has 0 spiro atoms. The van der Waals surface area contributed by atoms with Gasteiger partial charge in [0.05, 0.1) is 12.2 Å². The Morgan fingerprint density at radius 2 is 2.07 bits per heavy atom. The average Bonchev–Trinajstić information content (AvgIpc) is 2.18. The van der Waals surface area contributed by atoms with E-state index in [0.29, 0.717) is 23.5 Å². The van der Waals surface area contributed by atoms with Crippen LogP contribution in [0.2, 0.25) is 0 Å². The molecule has 1 rings (SSSR count). The van der Waals surface area contributed by atoms with Crippen molar-refractivity contribution in [2.24, 2.45) is 0 Å². The lowest BCUT2D eigenvalue weighted by molar-refractivity contribution is 0.103. The second kappa shape index (κ2) is 4.61. The first-order valence-electron chi connectivity index (χ1n) is 4.58. The molecule has 0 amide bonds. The standard InChI is InChI=1S/C12H14O2/c1-4-14-11-8-6-5-7-10(11)12(13)9(2)3/h5-8H,2,4H2,1,3H3. The van der Waals surface area contributed by atoms with Crippen LogP contribution in [0.1, 0.15) is 24.2 Å². The summed E-state index contributed by atoms with van der Waals surface area (Å²) in [7, 11) is 0. The van der Waals surface area contributed by atoms with E-state index in [0.717, 1.165) is 0 Å². The van der Waals surface area contributed by atoms with E-state index < -0.39 is 0 Å². The Kier molecular flexibility index (Phi) is 3.46. The maximum Gasteiger partial charge on any atom is 0.191 e. The third-order valence-corrected chi connectivity index (χ3v) is 1.82. The predicted octanol–water partition coefficient (Wildman–Crippen LogP) is 2.84. The Hall–Kier alpha value is -1.57. The van der Waals surface area contributed by atoms with Gasteiger partial charge in [0.15, 0.2) is 5.78 Å². The summed E-state index contributed by atoms with van der Waals surface area (Å²) >= 11 is 0. The van der Waals surface area contributed by atoms with E-state index in [2.05, 4.69) is 6.58 Å². The molecular weight excluding hydrogens is 176 g/mol. The molecule has 0 radical (unpaired) electrons. The Morgan fingerprint density at radius 3 is 2.64 bits per heavy atom. The SMILES string of the molecule is C=C(C)C(=O)c1ccccc1OCC. The van der Waals surface area contributed by atoms with Crippen LogP contribution < -0.4 is 4.74 Å². The zero-order chi connectivity index (χ0) is 10.6. The third kappa shape index (κ3) is 2.22. The molecule has 1 aromatic carbocycles. The van der Waals surface area contributed by atoms with Gasteiger partial charge in [-0.1, -0.05) is 18.7 Å². The number of carbonyl (C=O) groups is 1. The van der Waals surface area contributed by atoms with Crippen molar-refractivity contribution >= 4 is 5.78 Å². The smallest absolute Gasteiger partial charge is 0.191 e. The third-order valence-electron chi connectivity index (χ3n) is 1.82. The van der Waals surface area contributed by atoms with Crippen molar-refractivity contribution in [2.75, 3.05) is 6.61 Å². The number of hydrogen-bond acceptors (Lipinski definition) is 2. The first-order chi connectivity index (χ1) is 6.66. The summed E-state index contributed by atoms with van der Waals surface area (Å²) in [6.45, 7) is 7.77. The van der Waals surface area contributed by atoms with Crippen molar-refractivity contribution in [1.29, 1.82) is 0 Å². The number of Topliss-reactive ketones (excluding diaryl/α,β-unsaturated/α-hetero) is 1. The number of hydrogen-bond donors (Lipinski definition) is 0. The molecule has 0 aliphatic heterocycles. The van der Waals surface area contributed by atoms with E-state index in [4.69, 9.17) is 4.74 Å². The quantitative estimate of drug-likeness (QED) is 0.539. The molecule has 0 aromatic heterocycles. The van der Waals surface area contributed by atoms with Gasteiger partial charge < -0.3 is 4.74 Å². The van der Waals surface area contributed by atoms with E-state index in [-0.39, 0.29) is 5.78 Å². The van der Waals surface area contributed by atoms with Gasteiger partial charge in [0.1, 0.15) is 5.75 Å². The number of rotatable bonds is 4. The van der Waals surface area contributed by atoms with Crippen LogP contribution in [0.3, 0.4) is 0 Å². The van der Waals surface area contributed by atoms with Crippen molar-refractivity contribution in [2.45, 2.75) is 13.8 Å². The highest BCUT2D eigenvalue weighted by Gasteiger charge is 2.11. The second-order valence-corrected chi connectivity index (χ2v) is 3.04. The second-order valence-electron chi connectivity index (χ2n) is 3.04. The van der Waals surface area contributed by atoms with E-state index in [1.54, 1.807) is 19.1 Å². The van der Waals surface area contributed by atoms with Crippen molar-refractivity contribution in [1.82, 2.24) is 0 Å². The Morgan fingerprint density at radius 1 is 1.43 bits per heavy atom. The molecule has 0 N–H and O–H groups in total. The van der Waals surface area contributed by atoms with Crippen LogP contribution >= 0.6 is 0 Å². The maximum atomic E-state index is 11.7. The summed E-state index contributed by atoms with van der Waals surface area (Å²) in [5.41, 5.74) is 1.11. The lowest BCUT2D eigenvalue weighted by Crippen LogP contribution is -2.04. The summed E-state index contributed by atoms with van der Waals surface area (Å²) in [4.78, 5) is 11.7. The largest absolute Gasteiger partial charge is 0.493 e. The van der Waals surface area contributed by atoms with E-state index in [9.17, 15) is 4.79 Å². The Labute approximate surface area is 84.2 Å². The summed E-state index contributed by atoms with van der Waals surface area (Å²) in [6, 6.07) is 7.21. The van der Waals surface area contributed by atoms with Gasteiger partial charge in [0, 0.05) is 0 Å². The van der Waals surface area contributed by atoms with Crippen molar-refractivity contribution in [3.05, 3.63) is 42.0 Å². The summed E-state index contributed by atoms with van der Waals surface area (Å²) in [5.74, 6) is 0.567.